The molecule has 0 saturated heterocycles. The summed E-state index contributed by atoms with van der Waals surface area (Å²) in [6, 6.07) is 5.22. The van der Waals surface area contributed by atoms with E-state index < -0.39 is 0 Å². The van der Waals surface area contributed by atoms with Crippen molar-refractivity contribution in [2.24, 2.45) is 5.92 Å². The second-order valence-corrected chi connectivity index (χ2v) is 5.92. The maximum absolute atomic E-state index is 12.4. The van der Waals surface area contributed by atoms with Gasteiger partial charge in [-0.1, -0.05) is 0 Å². The van der Waals surface area contributed by atoms with Gasteiger partial charge in [0.25, 0.3) is 5.91 Å². The van der Waals surface area contributed by atoms with Crippen molar-refractivity contribution >= 4 is 5.91 Å². The molecular weight excluding hydrogens is 294 g/mol. The molecule has 0 radical (unpaired) electrons. The van der Waals surface area contributed by atoms with Crippen molar-refractivity contribution in [1.29, 1.82) is 0 Å². The Kier molecular flexibility index (Phi) is 4.52. The number of carbonyl (C=O) groups is 1. The maximum atomic E-state index is 12.4. The van der Waals surface area contributed by atoms with Gasteiger partial charge >= 0.3 is 0 Å². The van der Waals surface area contributed by atoms with Crippen LogP contribution in [-0.4, -0.2) is 38.2 Å². The predicted octanol–water partition coefficient (Wildman–Crippen LogP) is 1.29. The molecule has 6 nitrogen and oxygen atoms in total. The molecule has 0 aliphatic heterocycles. The van der Waals surface area contributed by atoms with Gasteiger partial charge in [0, 0.05) is 24.6 Å². The van der Waals surface area contributed by atoms with Crippen LogP contribution in [-0.2, 0) is 6.42 Å². The molecule has 1 aliphatic rings. The third-order valence-corrected chi connectivity index (χ3v) is 4.28. The lowest BCUT2D eigenvalue weighted by molar-refractivity contribution is 0.0239. The second-order valence-electron chi connectivity index (χ2n) is 5.92. The Morgan fingerprint density at radius 1 is 1.22 bits per heavy atom. The number of aliphatic hydroxyl groups is 1. The fraction of sp³-hybridized carbons (Fsp3) is 0.353. The molecule has 3 N–H and O–H groups in total. The molecule has 23 heavy (non-hydrogen) atoms. The summed E-state index contributed by atoms with van der Waals surface area (Å²) in [6.45, 7) is 0. The van der Waals surface area contributed by atoms with Crippen LogP contribution in [0.25, 0.3) is 0 Å². The van der Waals surface area contributed by atoms with Crippen molar-refractivity contribution in [3.05, 3.63) is 54.1 Å². The van der Waals surface area contributed by atoms with E-state index >= 15 is 0 Å². The Morgan fingerprint density at radius 2 is 1.91 bits per heavy atom. The van der Waals surface area contributed by atoms with Gasteiger partial charge in [-0.15, -0.1) is 0 Å². The monoisotopic (exact) mass is 313 g/mol. The van der Waals surface area contributed by atoms with E-state index in [0.717, 1.165) is 5.56 Å². The number of pyridine rings is 2. The number of rotatable bonds is 5. The zero-order valence-electron chi connectivity index (χ0n) is 12.6. The van der Waals surface area contributed by atoms with E-state index in [1.165, 1.54) is 18.5 Å². The largest absolute Gasteiger partial charge is 0.505 e. The number of aromatic nitrogens is 2. The fourth-order valence-corrected chi connectivity index (χ4v) is 2.89. The summed E-state index contributed by atoms with van der Waals surface area (Å²) in [5, 5.41) is 22.3. The Hall–Kier alpha value is -2.47. The number of nitrogens with one attached hydrogen (secondary N) is 1. The minimum absolute atomic E-state index is 0.0964. The number of amides is 1. The molecule has 3 rings (SSSR count). The third-order valence-electron chi connectivity index (χ3n) is 4.28. The molecule has 0 spiro atoms. The molecule has 1 amide bonds. The van der Waals surface area contributed by atoms with Crippen molar-refractivity contribution in [2.45, 2.75) is 31.4 Å². The van der Waals surface area contributed by atoms with E-state index in [4.69, 9.17) is 0 Å². The van der Waals surface area contributed by atoms with Crippen LogP contribution in [0.15, 0.2) is 43.0 Å². The fourth-order valence-electron chi connectivity index (χ4n) is 2.89. The molecule has 2 aromatic rings. The molecule has 2 heterocycles. The third kappa shape index (κ3) is 3.65. The van der Waals surface area contributed by atoms with E-state index in [1.807, 2.05) is 12.1 Å². The number of hydrogen-bond acceptors (Lipinski definition) is 5. The predicted molar refractivity (Wildman–Crippen MR) is 83.8 cm³/mol. The number of aliphatic hydroxyl groups excluding tert-OH is 1. The number of hydrogen-bond donors (Lipinski definition) is 3. The molecule has 0 bridgehead atoms. The lowest BCUT2D eigenvalue weighted by Crippen LogP contribution is -2.48. The molecule has 1 aliphatic carbocycles. The highest BCUT2D eigenvalue weighted by atomic mass is 16.3. The molecule has 1 atom stereocenters. The zero-order valence-corrected chi connectivity index (χ0v) is 12.6. The van der Waals surface area contributed by atoms with E-state index in [9.17, 15) is 15.0 Å². The summed E-state index contributed by atoms with van der Waals surface area (Å²) in [6.07, 6.45) is 7.90. The Labute approximate surface area is 134 Å². The Balaban J connectivity index is 1.73. The first-order valence-corrected chi connectivity index (χ1v) is 7.64. The molecule has 1 fully saturated rings. The average Bonchev–Trinajstić information content (AvgIpc) is 2.52. The van der Waals surface area contributed by atoms with Crippen molar-refractivity contribution in [1.82, 2.24) is 15.3 Å². The highest BCUT2D eigenvalue weighted by molar-refractivity contribution is 5.96. The zero-order chi connectivity index (χ0) is 16.2. The van der Waals surface area contributed by atoms with E-state index in [1.54, 1.807) is 12.4 Å². The first kappa shape index (κ1) is 15.4. The summed E-state index contributed by atoms with van der Waals surface area (Å²) < 4.78 is 0. The lowest BCUT2D eigenvalue weighted by Gasteiger charge is -2.38. The van der Waals surface area contributed by atoms with Crippen molar-refractivity contribution in [2.75, 3.05) is 0 Å². The molecule has 120 valence electrons. The maximum Gasteiger partial charge on any atom is 0.255 e. The van der Waals surface area contributed by atoms with E-state index in [-0.39, 0.29) is 35.3 Å². The smallest absolute Gasteiger partial charge is 0.255 e. The van der Waals surface area contributed by atoms with Gasteiger partial charge in [-0.3, -0.25) is 14.8 Å². The van der Waals surface area contributed by atoms with Gasteiger partial charge in [0.15, 0.2) is 0 Å². The van der Waals surface area contributed by atoms with Gasteiger partial charge in [0.2, 0.25) is 0 Å². The van der Waals surface area contributed by atoms with Crippen LogP contribution < -0.4 is 5.32 Å². The van der Waals surface area contributed by atoms with E-state index in [0.29, 0.717) is 19.3 Å². The summed E-state index contributed by atoms with van der Waals surface area (Å²) >= 11 is 0. The normalized spacial score (nSPS) is 21.3. The first-order chi connectivity index (χ1) is 11.1. The SMILES string of the molecule is O=C(N[C@@H](Cc1ccncc1)C1CC(O)C1)c1ccncc1O. The summed E-state index contributed by atoms with van der Waals surface area (Å²) in [5.41, 5.74) is 1.28. The molecule has 2 aromatic heterocycles. The van der Waals surface area contributed by atoms with Crippen LogP contribution in [0.1, 0.15) is 28.8 Å². The molecule has 1 saturated carbocycles. The van der Waals surface area contributed by atoms with Gasteiger partial charge in [-0.25, -0.2) is 0 Å². The highest BCUT2D eigenvalue weighted by Gasteiger charge is 2.35. The van der Waals surface area contributed by atoms with Crippen molar-refractivity contribution in [3.8, 4) is 5.75 Å². The minimum Gasteiger partial charge on any atom is -0.505 e. The molecular formula is C17H19N3O3. The number of carbonyl (C=O) groups excluding carboxylic acids is 1. The number of aromatic hydroxyl groups is 1. The number of nitrogens with zero attached hydrogens (tertiary/aromatic N) is 2. The van der Waals surface area contributed by atoms with Crippen LogP contribution in [0.4, 0.5) is 0 Å². The van der Waals surface area contributed by atoms with Crippen LogP contribution in [0.2, 0.25) is 0 Å². The van der Waals surface area contributed by atoms with E-state index in [2.05, 4.69) is 15.3 Å². The Bertz CT molecular complexity index is 672. The quantitative estimate of drug-likeness (QED) is 0.773. The van der Waals surface area contributed by atoms with Gasteiger partial charge in [0.05, 0.1) is 17.9 Å². The Morgan fingerprint density at radius 3 is 2.57 bits per heavy atom. The van der Waals surface area contributed by atoms with Gasteiger partial charge in [-0.2, -0.15) is 0 Å². The second kappa shape index (κ2) is 6.75. The highest BCUT2D eigenvalue weighted by Crippen LogP contribution is 2.32. The van der Waals surface area contributed by atoms with Crippen LogP contribution in [0.5, 0.6) is 5.75 Å². The van der Waals surface area contributed by atoms with Gasteiger partial charge in [0.1, 0.15) is 5.75 Å². The molecule has 6 heteroatoms. The molecule has 0 aromatic carbocycles. The van der Waals surface area contributed by atoms with Gasteiger partial charge < -0.3 is 15.5 Å². The average molecular weight is 313 g/mol. The summed E-state index contributed by atoms with van der Waals surface area (Å²) in [7, 11) is 0. The van der Waals surface area contributed by atoms with Crippen molar-refractivity contribution in [3.63, 3.8) is 0 Å². The lowest BCUT2D eigenvalue weighted by atomic mass is 9.75. The topological polar surface area (TPSA) is 95.3 Å². The van der Waals surface area contributed by atoms with Crippen molar-refractivity contribution < 1.29 is 15.0 Å². The van der Waals surface area contributed by atoms with Crippen LogP contribution in [0.3, 0.4) is 0 Å². The minimum atomic E-state index is -0.328. The van der Waals surface area contributed by atoms with Gasteiger partial charge in [-0.05, 0) is 48.9 Å². The van der Waals surface area contributed by atoms with Crippen LogP contribution in [0, 0.1) is 5.92 Å². The first-order valence-electron chi connectivity index (χ1n) is 7.64. The summed E-state index contributed by atoms with van der Waals surface area (Å²) in [5.74, 6) is -0.238. The molecule has 0 unspecified atom stereocenters. The standard InChI is InChI=1S/C17H19N3O3/c21-13-8-12(9-13)15(7-11-1-4-18-5-2-11)20-17(23)14-3-6-19-10-16(14)22/h1-6,10,12-13,15,21-22H,7-9H2,(H,20,23)/t12?,13?,15-/m0/s1. The van der Waals surface area contributed by atoms with Crippen LogP contribution >= 0.6 is 0 Å². The summed E-state index contributed by atoms with van der Waals surface area (Å²) in [4.78, 5) is 20.2.